The summed E-state index contributed by atoms with van der Waals surface area (Å²) >= 11 is 18.7. The van der Waals surface area contributed by atoms with Crippen LogP contribution in [0.3, 0.4) is 0 Å². The van der Waals surface area contributed by atoms with Crippen molar-refractivity contribution in [1.29, 1.82) is 0 Å². The van der Waals surface area contributed by atoms with E-state index in [0.717, 1.165) is 128 Å². The molecule has 0 bridgehead atoms. The highest BCUT2D eigenvalue weighted by atomic mass is 35.5. The van der Waals surface area contributed by atoms with Crippen LogP contribution in [0.2, 0.25) is 10.0 Å². The van der Waals surface area contributed by atoms with Gasteiger partial charge in [-0.05, 0) is 124 Å². The SMILES string of the molecule is C=C.C=C1CCC(N2CC(=C(/C)CCc3ccc(CNCCCCCCCc4cc(Cl)c(NN5CCC(NSCC)CC5)cc4Cl)cc3)/C(=C\C)C2=C)C(=C)N1.CC.CS. The number of nitrogens with one attached hydrogen (secondary N) is 4. The van der Waals surface area contributed by atoms with Crippen LogP contribution in [0, 0.1) is 0 Å². The zero-order chi connectivity index (χ0) is 44.5. The molecule has 0 spiro atoms. The lowest BCUT2D eigenvalue weighted by Gasteiger charge is -2.36. The van der Waals surface area contributed by atoms with Gasteiger partial charge in [0.25, 0.3) is 0 Å². The molecule has 1 atom stereocenters. The summed E-state index contributed by atoms with van der Waals surface area (Å²) in [6, 6.07) is 14.1. The van der Waals surface area contributed by atoms with Crippen molar-refractivity contribution in [2.24, 2.45) is 0 Å². The van der Waals surface area contributed by atoms with Crippen LogP contribution in [0.4, 0.5) is 5.69 Å². The first-order valence-corrected chi connectivity index (χ1v) is 24.8. The van der Waals surface area contributed by atoms with Crippen molar-refractivity contribution >= 4 is 53.5 Å². The number of anilines is 1. The molecule has 3 aliphatic rings. The molecular formula is C50H78Cl2N6S2. The van der Waals surface area contributed by atoms with Crippen LogP contribution in [0.1, 0.15) is 116 Å². The number of allylic oxidation sites excluding steroid dienone is 4. The van der Waals surface area contributed by atoms with E-state index >= 15 is 0 Å². The molecule has 10 heteroatoms. The molecule has 0 saturated carbocycles. The molecule has 2 aromatic carbocycles. The molecule has 1 unspecified atom stereocenters. The Hall–Kier alpha value is -2.56. The van der Waals surface area contributed by atoms with Gasteiger partial charge >= 0.3 is 0 Å². The van der Waals surface area contributed by atoms with E-state index in [2.05, 4.69) is 133 Å². The summed E-state index contributed by atoms with van der Waals surface area (Å²) in [4.78, 5) is 2.43. The van der Waals surface area contributed by atoms with E-state index < -0.39 is 0 Å². The minimum atomic E-state index is 0.263. The number of aryl methyl sites for hydroxylation is 2. The lowest BCUT2D eigenvalue weighted by atomic mass is 9.97. The van der Waals surface area contributed by atoms with E-state index in [1.807, 2.05) is 31.9 Å². The number of hydrogen-bond acceptors (Lipinski definition) is 8. The van der Waals surface area contributed by atoms with Gasteiger partial charge in [0.15, 0.2) is 0 Å². The van der Waals surface area contributed by atoms with Crippen molar-refractivity contribution < 1.29 is 0 Å². The van der Waals surface area contributed by atoms with Gasteiger partial charge in [-0.3, -0.25) is 4.72 Å². The van der Waals surface area contributed by atoms with E-state index in [-0.39, 0.29) is 6.04 Å². The van der Waals surface area contributed by atoms with Crippen LogP contribution in [0.15, 0.2) is 109 Å². The molecule has 0 amide bonds. The Labute approximate surface area is 386 Å². The van der Waals surface area contributed by atoms with E-state index in [0.29, 0.717) is 6.04 Å². The Morgan fingerprint density at radius 2 is 1.57 bits per heavy atom. The molecule has 2 aromatic rings. The molecule has 0 aliphatic carbocycles. The molecule has 0 aromatic heterocycles. The van der Waals surface area contributed by atoms with E-state index in [1.54, 1.807) is 6.26 Å². The fourth-order valence-electron chi connectivity index (χ4n) is 7.87. The van der Waals surface area contributed by atoms with E-state index in [9.17, 15) is 0 Å². The normalized spacial score (nSPS) is 18.5. The Morgan fingerprint density at radius 3 is 2.22 bits per heavy atom. The standard InChI is InChI=1S/C45H64Cl2N6S.C2H6.C2H4.CH4S/c1-7-40-35(6)53(45-22-16-33(4)49-34(45)5)31-41(40)32(3)15-17-36-18-20-37(21-19-36)30-48-25-13-11-9-10-12-14-38-28-43(47)44(29-42(38)46)50-52-26-23-39(24-27-52)51-54-8-2;3*1-2/h7,18-21,28-29,39,45,48-51H,4-6,8-17,22-27,30-31H2,1-3H3;1-2H3;1-2H2;2H,1H3/b40-7-,41-32+;;;. The average molecular weight is 898 g/mol. The third-order valence-electron chi connectivity index (χ3n) is 11.2. The number of nitrogens with zero attached hydrogens (tertiary/aromatic N) is 2. The van der Waals surface area contributed by atoms with Crippen LogP contribution < -0.4 is 20.8 Å². The number of thiol groups is 1. The zero-order valence-electron chi connectivity index (χ0n) is 38.0. The van der Waals surface area contributed by atoms with Crippen LogP contribution in [0.5, 0.6) is 0 Å². The van der Waals surface area contributed by atoms with Crippen molar-refractivity contribution in [3.8, 4) is 0 Å². The smallest absolute Gasteiger partial charge is 0.0693 e. The number of benzene rings is 2. The number of hydrazine groups is 1. The number of likely N-dealkylation sites (tertiary alicyclic amines) is 1. The average Bonchev–Trinajstić information content (AvgIpc) is 3.61. The first-order chi connectivity index (χ1) is 29.2. The molecule has 5 rings (SSSR count). The fraction of sp³-hybridized carbons (Fsp3) is 0.520. The second kappa shape index (κ2) is 30.5. The Bertz CT molecular complexity index is 1670. The number of rotatable bonds is 19. The van der Waals surface area contributed by atoms with Crippen molar-refractivity contribution in [3.63, 3.8) is 0 Å². The highest BCUT2D eigenvalue weighted by Gasteiger charge is 2.34. The summed E-state index contributed by atoms with van der Waals surface area (Å²) in [5, 5.41) is 10.8. The predicted molar refractivity (Wildman–Crippen MR) is 273 cm³/mol. The van der Waals surface area contributed by atoms with Gasteiger partial charge in [0.1, 0.15) is 0 Å². The number of unbranched alkanes of at least 4 members (excludes halogenated alkanes) is 4. The zero-order valence-corrected chi connectivity index (χ0v) is 41.2. The molecule has 334 valence electrons. The lowest BCUT2D eigenvalue weighted by Crippen LogP contribution is -2.43. The summed E-state index contributed by atoms with van der Waals surface area (Å²) in [6.07, 6.45) is 17.2. The van der Waals surface area contributed by atoms with Crippen LogP contribution >= 0.6 is 47.8 Å². The van der Waals surface area contributed by atoms with Crippen molar-refractivity contribution in [2.45, 2.75) is 130 Å². The number of piperidine rings is 2. The summed E-state index contributed by atoms with van der Waals surface area (Å²) in [7, 11) is 0. The van der Waals surface area contributed by atoms with Gasteiger partial charge < -0.3 is 21.0 Å². The third kappa shape index (κ3) is 17.3. The monoisotopic (exact) mass is 897 g/mol. The van der Waals surface area contributed by atoms with Gasteiger partial charge in [-0.2, -0.15) is 12.6 Å². The molecule has 3 fully saturated rings. The van der Waals surface area contributed by atoms with E-state index in [1.165, 1.54) is 53.5 Å². The van der Waals surface area contributed by atoms with Crippen LogP contribution in [-0.4, -0.2) is 60.2 Å². The summed E-state index contributed by atoms with van der Waals surface area (Å²) in [5.41, 5.74) is 15.7. The molecule has 0 radical (unpaired) electrons. The third-order valence-corrected chi connectivity index (χ3v) is 12.6. The van der Waals surface area contributed by atoms with Gasteiger partial charge in [0.2, 0.25) is 0 Å². The predicted octanol–water partition coefficient (Wildman–Crippen LogP) is 13.5. The topological polar surface area (TPSA) is 54.6 Å². The quantitative estimate of drug-likeness (QED) is 0.0417. The van der Waals surface area contributed by atoms with Gasteiger partial charge in [-0.15, -0.1) is 13.2 Å². The van der Waals surface area contributed by atoms with Gasteiger partial charge in [-0.25, -0.2) is 5.01 Å². The molecule has 6 nitrogen and oxygen atoms in total. The lowest BCUT2D eigenvalue weighted by molar-refractivity contribution is 0.247. The number of halogens is 2. The maximum absolute atomic E-state index is 6.70. The summed E-state index contributed by atoms with van der Waals surface area (Å²) in [6.45, 7) is 34.3. The maximum Gasteiger partial charge on any atom is 0.0693 e. The van der Waals surface area contributed by atoms with Crippen molar-refractivity contribution in [1.82, 2.24) is 25.3 Å². The minimum absolute atomic E-state index is 0.263. The van der Waals surface area contributed by atoms with Crippen LogP contribution in [-0.2, 0) is 19.4 Å². The first-order valence-electron chi connectivity index (χ1n) is 22.2. The highest BCUT2D eigenvalue weighted by molar-refractivity contribution is 7.97. The fourth-order valence-corrected chi connectivity index (χ4v) is 8.99. The minimum Gasteiger partial charge on any atom is -0.362 e. The summed E-state index contributed by atoms with van der Waals surface area (Å²) < 4.78 is 3.56. The van der Waals surface area contributed by atoms with Crippen molar-refractivity contribution in [3.05, 3.63) is 136 Å². The molecule has 3 saturated heterocycles. The van der Waals surface area contributed by atoms with Gasteiger partial charge in [-0.1, -0.05) is 131 Å². The first kappa shape index (κ1) is 53.6. The highest BCUT2D eigenvalue weighted by Crippen LogP contribution is 2.39. The molecule has 60 heavy (non-hydrogen) atoms. The van der Waals surface area contributed by atoms with Gasteiger partial charge in [0.05, 0.1) is 16.8 Å². The second-order valence-corrected chi connectivity index (χ2v) is 17.1. The summed E-state index contributed by atoms with van der Waals surface area (Å²) in [5.74, 6) is 1.10. The number of hydrogen-bond donors (Lipinski definition) is 5. The Kier molecular flexibility index (Phi) is 27.2. The van der Waals surface area contributed by atoms with Crippen LogP contribution in [0.25, 0.3) is 0 Å². The Balaban J connectivity index is 0.00000198. The van der Waals surface area contributed by atoms with Gasteiger partial charge in [0, 0.05) is 60.1 Å². The molecule has 3 aliphatic heterocycles. The molecule has 3 heterocycles. The molecule has 4 N–H and O–H groups in total. The Morgan fingerprint density at radius 1 is 0.917 bits per heavy atom. The van der Waals surface area contributed by atoms with Crippen molar-refractivity contribution in [2.75, 3.05) is 43.6 Å². The largest absolute Gasteiger partial charge is 0.362 e. The molecular weight excluding hydrogens is 820 g/mol. The maximum atomic E-state index is 6.70. The van der Waals surface area contributed by atoms with E-state index in [4.69, 9.17) is 23.2 Å². The second-order valence-electron chi connectivity index (χ2n) is 15.2.